The van der Waals surface area contributed by atoms with Crippen molar-refractivity contribution in [2.45, 2.75) is 32.7 Å². The molecule has 1 aromatic heterocycles. The fraction of sp³-hybridized carbons (Fsp3) is 0.545. The molecule has 2 amide bonds. The third-order valence-electron chi connectivity index (χ3n) is 2.18. The van der Waals surface area contributed by atoms with Gasteiger partial charge in [0.1, 0.15) is 0 Å². The Morgan fingerprint density at radius 3 is 2.88 bits per heavy atom. The van der Waals surface area contributed by atoms with Crippen molar-refractivity contribution < 1.29 is 4.79 Å². The van der Waals surface area contributed by atoms with Gasteiger partial charge in [0.15, 0.2) is 0 Å². The Labute approximate surface area is 105 Å². The molecular weight excluding hydrogens is 244 g/mol. The molecule has 0 unspecified atom stereocenters. The van der Waals surface area contributed by atoms with E-state index in [1.54, 1.807) is 0 Å². The van der Waals surface area contributed by atoms with Crippen molar-refractivity contribution in [3.05, 3.63) is 21.3 Å². The van der Waals surface area contributed by atoms with Crippen LogP contribution < -0.4 is 10.6 Å². The van der Waals surface area contributed by atoms with Crippen LogP contribution in [0, 0.1) is 0 Å². The van der Waals surface area contributed by atoms with E-state index < -0.39 is 0 Å². The number of nitrogens with one attached hydrogen (secondary N) is 2. The number of thiophene rings is 1. The third-order valence-corrected chi connectivity index (χ3v) is 3.60. The molecule has 1 aromatic rings. The standard InChI is InChI=1S/C11H17ClN2OS/c1-3-4-7-13-11(15)14-8(2)9-5-6-10(12)16-9/h5-6,8H,3-4,7H2,1-2H3,(H2,13,14,15)/t8-/m1/s1. The SMILES string of the molecule is CCCCNC(=O)N[C@H](C)c1ccc(Cl)s1. The summed E-state index contributed by atoms with van der Waals surface area (Å²) in [4.78, 5) is 12.5. The van der Waals surface area contributed by atoms with E-state index in [0.29, 0.717) is 0 Å². The first-order chi connectivity index (χ1) is 7.63. The van der Waals surface area contributed by atoms with Gasteiger partial charge in [0, 0.05) is 11.4 Å². The lowest BCUT2D eigenvalue weighted by molar-refractivity contribution is 0.238. The molecule has 1 heterocycles. The van der Waals surface area contributed by atoms with E-state index in [1.807, 2.05) is 19.1 Å². The molecule has 3 nitrogen and oxygen atoms in total. The molecule has 0 radical (unpaired) electrons. The zero-order valence-corrected chi connectivity index (χ0v) is 11.1. The van der Waals surface area contributed by atoms with Crippen LogP contribution in [0.1, 0.15) is 37.6 Å². The monoisotopic (exact) mass is 260 g/mol. The minimum atomic E-state index is -0.120. The molecule has 0 saturated heterocycles. The van der Waals surface area contributed by atoms with Gasteiger partial charge in [0.2, 0.25) is 0 Å². The molecule has 0 spiro atoms. The summed E-state index contributed by atoms with van der Waals surface area (Å²) in [5.74, 6) is 0. The van der Waals surface area contributed by atoms with Gasteiger partial charge in [-0.25, -0.2) is 4.79 Å². The Morgan fingerprint density at radius 1 is 1.56 bits per heavy atom. The average Bonchev–Trinajstić information content (AvgIpc) is 2.65. The number of hydrogen-bond acceptors (Lipinski definition) is 2. The van der Waals surface area contributed by atoms with Crippen LogP contribution in [0.4, 0.5) is 4.79 Å². The molecule has 1 rings (SSSR count). The Bertz CT molecular complexity index is 340. The fourth-order valence-corrected chi connectivity index (χ4v) is 2.32. The molecule has 1 atom stereocenters. The van der Waals surface area contributed by atoms with Crippen LogP contribution in [0.25, 0.3) is 0 Å². The topological polar surface area (TPSA) is 41.1 Å². The molecule has 0 bridgehead atoms. The van der Waals surface area contributed by atoms with Gasteiger partial charge in [-0.3, -0.25) is 0 Å². The van der Waals surface area contributed by atoms with E-state index in [4.69, 9.17) is 11.6 Å². The zero-order valence-electron chi connectivity index (χ0n) is 9.55. The van der Waals surface area contributed by atoms with Gasteiger partial charge in [-0.15, -0.1) is 11.3 Å². The summed E-state index contributed by atoms with van der Waals surface area (Å²) >= 11 is 7.32. The molecule has 0 aliphatic carbocycles. The van der Waals surface area contributed by atoms with E-state index in [9.17, 15) is 4.79 Å². The third kappa shape index (κ3) is 4.41. The van der Waals surface area contributed by atoms with Crippen LogP contribution in [0.15, 0.2) is 12.1 Å². The van der Waals surface area contributed by atoms with Crippen molar-refractivity contribution in [3.63, 3.8) is 0 Å². The Kier molecular flexibility index (Phi) is 5.63. The largest absolute Gasteiger partial charge is 0.338 e. The normalized spacial score (nSPS) is 12.2. The van der Waals surface area contributed by atoms with Crippen LogP contribution in [0.5, 0.6) is 0 Å². The smallest absolute Gasteiger partial charge is 0.315 e. The van der Waals surface area contributed by atoms with Gasteiger partial charge in [0.05, 0.1) is 10.4 Å². The van der Waals surface area contributed by atoms with Crippen molar-refractivity contribution in [3.8, 4) is 0 Å². The average molecular weight is 261 g/mol. The first-order valence-electron chi connectivity index (χ1n) is 5.43. The predicted molar refractivity (Wildman–Crippen MR) is 69.2 cm³/mol. The Balaban J connectivity index is 2.33. The van der Waals surface area contributed by atoms with Gasteiger partial charge in [-0.05, 0) is 25.5 Å². The van der Waals surface area contributed by atoms with E-state index in [0.717, 1.165) is 28.6 Å². The van der Waals surface area contributed by atoms with Crippen LogP contribution in [0.3, 0.4) is 0 Å². The quantitative estimate of drug-likeness (QED) is 0.781. The maximum Gasteiger partial charge on any atom is 0.315 e. The van der Waals surface area contributed by atoms with Crippen molar-refractivity contribution in [1.82, 2.24) is 10.6 Å². The molecule has 16 heavy (non-hydrogen) atoms. The molecule has 0 aromatic carbocycles. The molecule has 90 valence electrons. The summed E-state index contributed by atoms with van der Waals surface area (Å²) < 4.78 is 0.745. The van der Waals surface area contributed by atoms with Gasteiger partial charge in [-0.1, -0.05) is 24.9 Å². The second kappa shape index (κ2) is 6.76. The van der Waals surface area contributed by atoms with Gasteiger partial charge < -0.3 is 10.6 Å². The molecule has 0 aliphatic heterocycles. The number of urea groups is 1. The predicted octanol–water partition coefficient (Wildman–Crippen LogP) is 3.56. The fourth-order valence-electron chi connectivity index (χ4n) is 1.26. The molecule has 0 saturated carbocycles. The number of halogens is 1. The number of carbonyl (C=O) groups is 1. The summed E-state index contributed by atoms with van der Waals surface area (Å²) in [6.07, 6.45) is 2.09. The summed E-state index contributed by atoms with van der Waals surface area (Å²) in [6.45, 7) is 4.76. The molecule has 0 fully saturated rings. The molecular formula is C11H17ClN2OS. The lowest BCUT2D eigenvalue weighted by Gasteiger charge is -2.12. The maximum atomic E-state index is 11.5. The second-order valence-electron chi connectivity index (χ2n) is 3.62. The van der Waals surface area contributed by atoms with Gasteiger partial charge in [-0.2, -0.15) is 0 Å². The summed E-state index contributed by atoms with van der Waals surface area (Å²) in [6, 6.07) is 3.66. The number of unbranched alkanes of at least 4 members (excludes halogenated alkanes) is 1. The van der Waals surface area contributed by atoms with Crippen LogP contribution >= 0.6 is 22.9 Å². The summed E-state index contributed by atoms with van der Waals surface area (Å²) in [5, 5.41) is 5.68. The van der Waals surface area contributed by atoms with Crippen molar-refractivity contribution >= 4 is 29.0 Å². The van der Waals surface area contributed by atoms with E-state index >= 15 is 0 Å². The molecule has 5 heteroatoms. The van der Waals surface area contributed by atoms with Gasteiger partial charge in [0.25, 0.3) is 0 Å². The number of amides is 2. The highest BCUT2D eigenvalue weighted by molar-refractivity contribution is 7.16. The lowest BCUT2D eigenvalue weighted by Crippen LogP contribution is -2.37. The highest BCUT2D eigenvalue weighted by Gasteiger charge is 2.10. The first-order valence-corrected chi connectivity index (χ1v) is 6.62. The number of hydrogen-bond donors (Lipinski definition) is 2. The van der Waals surface area contributed by atoms with Crippen molar-refractivity contribution in [2.24, 2.45) is 0 Å². The molecule has 2 N–H and O–H groups in total. The number of rotatable bonds is 5. The summed E-state index contributed by atoms with van der Waals surface area (Å²) in [7, 11) is 0. The van der Waals surface area contributed by atoms with Crippen molar-refractivity contribution in [1.29, 1.82) is 0 Å². The molecule has 0 aliphatic rings. The highest BCUT2D eigenvalue weighted by atomic mass is 35.5. The van der Waals surface area contributed by atoms with Crippen LogP contribution in [-0.4, -0.2) is 12.6 Å². The van der Waals surface area contributed by atoms with Crippen LogP contribution in [0.2, 0.25) is 4.34 Å². The van der Waals surface area contributed by atoms with Crippen molar-refractivity contribution in [2.75, 3.05) is 6.54 Å². The van der Waals surface area contributed by atoms with E-state index in [2.05, 4.69) is 17.6 Å². The minimum Gasteiger partial charge on any atom is -0.338 e. The summed E-state index contributed by atoms with van der Waals surface area (Å²) in [5.41, 5.74) is 0. The van der Waals surface area contributed by atoms with Crippen LogP contribution in [-0.2, 0) is 0 Å². The Hall–Kier alpha value is -0.740. The highest BCUT2D eigenvalue weighted by Crippen LogP contribution is 2.26. The first kappa shape index (κ1) is 13.3. The van der Waals surface area contributed by atoms with E-state index in [1.165, 1.54) is 11.3 Å². The van der Waals surface area contributed by atoms with Gasteiger partial charge >= 0.3 is 6.03 Å². The maximum absolute atomic E-state index is 11.5. The Morgan fingerprint density at radius 2 is 2.31 bits per heavy atom. The zero-order chi connectivity index (χ0) is 12.0. The second-order valence-corrected chi connectivity index (χ2v) is 5.36. The minimum absolute atomic E-state index is 0.000809. The van der Waals surface area contributed by atoms with E-state index in [-0.39, 0.29) is 12.1 Å². The lowest BCUT2D eigenvalue weighted by atomic mass is 10.3. The number of carbonyl (C=O) groups excluding carboxylic acids is 1.